The van der Waals surface area contributed by atoms with E-state index in [1.807, 2.05) is 78.9 Å². The van der Waals surface area contributed by atoms with Crippen molar-refractivity contribution in [2.24, 2.45) is 0 Å². The van der Waals surface area contributed by atoms with Crippen LogP contribution >= 0.6 is 0 Å². The number of rotatable bonds is 6. The first-order valence-electron chi connectivity index (χ1n) is 8.08. The summed E-state index contributed by atoms with van der Waals surface area (Å²) < 4.78 is 12.1. The first kappa shape index (κ1) is 15.9. The highest BCUT2D eigenvalue weighted by atomic mass is 16.5. The van der Waals surface area contributed by atoms with Gasteiger partial charge in [-0.3, -0.25) is 0 Å². The molecule has 24 heavy (non-hydrogen) atoms. The van der Waals surface area contributed by atoms with Gasteiger partial charge in [0.05, 0.1) is 0 Å². The topological polar surface area (TPSA) is 30.5 Å². The monoisotopic (exact) mass is 319 g/mol. The van der Waals surface area contributed by atoms with E-state index in [4.69, 9.17) is 9.47 Å². The Bertz CT molecular complexity index is 711. The van der Waals surface area contributed by atoms with E-state index in [1.54, 1.807) is 0 Å². The molecular formula is C21H21NO2. The second-order valence-electron chi connectivity index (χ2n) is 5.76. The van der Waals surface area contributed by atoms with E-state index >= 15 is 0 Å². The second-order valence-corrected chi connectivity index (χ2v) is 5.76. The van der Waals surface area contributed by atoms with Gasteiger partial charge in [0.2, 0.25) is 0 Å². The summed E-state index contributed by atoms with van der Waals surface area (Å²) in [4.78, 5) is 0. The third kappa shape index (κ3) is 4.07. The van der Waals surface area contributed by atoms with Gasteiger partial charge < -0.3 is 14.8 Å². The van der Waals surface area contributed by atoms with E-state index in [2.05, 4.69) is 19.2 Å². The van der Waals surface area contributed by atoms with Crippen LogP contribution in [0.1, 0.15) is 13.8 Å². The minimum absolute atomic E-state index is 0.253. The Morgan fingerprint density at radius 3 is 1.50 bits per heavy atom. The van der Waals surface area contributed by atoms with E-state index in [1.165, 1.54) is 0 Å². The maximum atomic E-state index is 6.05. The fourth-order valence-corrected chi connectivity index (χ4v) is 2.34. The maximum absolute atomic E-state index is 6.05. The van der Waals surface area contributed by atoms with E-state index < -0.39 is 0 Å². The van der Waals surface area contributed by atoms with Crippen LogP contribution in [0.15, 0.2) is 78.9 Å². The van der Waals surface area contributed by atoms with Crippen LogP contribution in [0.5, 0.6) is 23.0 Å². The normalized spacial score (nSPS) is 10.5. The van der Waals surface area contributed by atoms with Crippen molar-refractivity contribution in [1.82, 2.24) is 0 Å². The number of para-hydroxylation sites is 3. The molecule has 3 aromatic rings. The lowest BCUT2D eigenvalue weighted by Crippen LogP contribution is -2.11. The molecule has 0 atom stereocenters. The van der Waals surface area contributed by atoms with E-state index in [-0.39, 0.29) is 6.04 Å². The molecule has 3 aromatic carbocycles. The zero-order valence-corrected chi connectivity index (χ0v) is 13.9. The zero-order valence-electron chi connectivity index (χ0n) is 13.9. The zero-order chi connectivity index (χ0) is 16.8. The Kier molecular flexibility index (Phi) is 5.02. The summed E-state index contributed by atoms with van der Waals surface area (Å²) >= 11 is 0. The Morgan fingerprint density at radius 1 is 0.625 bits per heavy atom. The molecule has 3 heteroatoms. The van der Waals surface area contributed by atoms with Crippen molar-refractivity contribution in [3.05, 3.63) is 78.9 Å². The number of hydrogen-bond acceptors (Lipinski definition) is 3. The summed E-state index contributed by atoms with van der Waals surface area (Å²) in [6.07, 6.45) is 0. The minimum atomic E-state index is 0.253. The van der Waals surface area contributed by atoms with Gasteiger partial charge in [0.1, 0.15) is 17.2 Å². The molecular weight excluding hydrogens is 298 g/mol. The van der Waals surface area contributed by atoms with Crippen LogP contribution in [-0.4, -0.2) is 6.04 Å². The van der Waals surface area contributed by atoms with Crippen molar-refractivity contribution < 1.29 is 9.47 Å². The lowest BCUT2D eigenvalue weighted by Gasteiger charge is -2.19. The molecule has 0 fully saturated rings. The fourth-order valence-electron chi connectivity index (χ4n) is 2.34. The lowest BCUT2D eigenvalue weighted by atomic mass is 10.2. The van der Waals surface area contributed by atoms with Crippen LogP contribution in [0.4, 0.5) is 5.69 Å². The Hall–Kier alpha value is -2.94. The highest BCUT2D eigenvalue weighted by Crippen LogP contribution is 2.39. The van der Waals surface area contributed by atoms with E-state index in [0.29, 0.717) is 0 Å². The van der Waals surface area contributed by atoms with Gasteiger partial charge in [-0.2, -0.15) is 0 Å². The van der Waals surface area contributed by atoms with Crippen molar-refractivity contribution >= 4 is 5.69 Å². The van der Waals surface area contributed by atoms with Crippen LogP contribution in [0.2, 0.25) is 0 Å². The van der Waals surface area contributed by atoms with Gasteiger partial charge in [0, 0.05) is 6.04 Å². The average Bonchev–Trinajstić information content (AvgIpc) is 2.59. The molecule has 0 unspecified atom stereocenters. The molecule has 122 valence electrons. The van der Waals surface area contributed by atoms with Gasteiger partial charge in [-0.1, -0.05) is 42.5 Å². The number of benzene rings is 3. The minimum Gasteiger partial charge on any atom is -0.455 e. The molecule has 1 N–H and O–H groups in total. The lowest BCUT2D eigenvalue weighted by molar-refractivity contribution is 0.462. The standard InChI is InChI=1S/C21H21NO2/c1-16(2)22-21-19(23-17-10-5-3-6-11-17)14-9-15-20(21)24-18-12-7-4-8-13-18/h3-16,22H,1-2H3. The van der Waals surface area contributed by atoms with Gasteiger partial charge >= 0.3 is 0 Å². The Balaban J connectivity index is 1.94. The van der Waals surface area contributed by atoms with Crippen molar-refractivity contribution in [3.63, 3.8) is 0 Å². The van der Waals surface area contributed by atoms with E-state index in [9.17, 15) is 0 Å². The Labute approximate surface area is 142 Å². The SMILES string of the molecule is CC(C)Nc1c(Oc2ccccc2)cccc1Oc1ccccc1. The Morgan fingerprint density at radius 2 is 1.08 bits per heavy atom. The van der Waals surface area contributed by atoms with Crippen LogP contribution in [-0.2, 0) is 0 Å². The quantitative estimate of drug-likeness (QED) is 0.596. The summed E-state index contributed by atoms with van der Waals surface area (Å²) in [5.41, 5.74) is 0.847. The van der Waals surface area contributed by atoms with Crippen molar-refractivity contribution in [2.75, 3.05) is 5.32 Å². The number of hydrogen-bond donors (Lipinski definition) is 1. The summed E-state index contributed by atoms with van der Waals surface area (Å²) in [5, 5.41) is 3.43. The number of anilines is 1. The summed E-state index contributed by atoms with van der Waals surface area (Å²) in [6.45, 7) is 4.18. The largest absolute Gasteiger partial charge is 0.455 e. The van der Waals surface area contributed by atoms with Crippen LogP contribution in [0.25, 0.3) is 0 Å². The molecule has 0 aliphatic heterocycles. The second kappa shape index (κ2) is 7.55. The third-order valence-electron chi connectivity index (χ3n) is 3.36. The molecule has 3 rings (SSSR count). The molecule has 0 radical (unpaired) electrons. The smallest absolute Gasteiger partial charge is 0.154 e. The summed E-state index contributed by atoms with van der Waals surface area (Å²) in [6, 6.07) is 25.6. The third-order valence-corrected chi connectivity index (χ3v) is 3.36. The van der Waals surface area contributed by atoms with Gasteiger partial charge in [-0.25, -0.2) is 0 Å². The summed E-state index contributed by atoms with van der Waals surface area (Å²) in [7, 11) is 0. The molecule has 0 aliphatic rings. The van der Waals surface area contributed by atoms with Crippen LogP contribution < -0.4 is 14.8 Å². The highest BCUT2D eigenvalue weighted by Gasteiger charge is 2.13. The van der Waals surface area contributed by atoms with Gasteiger partial charge in [-0.05, 0) is 50.2 Å². The first-order valence-corrected chi connectivity index (χ1v) is 8.08. The van der Waals surface area contributed by atoms with Crippen molar-refractivity contribution in [1.29, 1.82) is 0 Å². The van der Waals surface area contributed by atoms with Gasteiger partial charge in [0.15, 0.2) is 11.5 Å². The van der Waals surface area contributed by atoms with Crippen molar-refractivity contribution in [3.8, 4) is 23.0 Å². The molecule has 0 saturated heterocycles. The fraction of sp³-hybridized carbons (Fsp3) is 0.143. The van der Waals surface area contributed by atoms with E-state index in [0.717, 1.165) is 28.7 Å². The maximum Gasteiger partial charge on any atom is 0.154 e. The molecule has 0 heterocycles. The molecule has 0 bridgehead atoms. The molecule has 0 amide bonds. The number of nitrogens with one attached hydrogen (secondary N) is 1. The molecule has 0 spiro atoms. The molecule has 0 saturated carbocycles. The first-order chi connectivity index (χ1) is 11.7. The molecule has 0 aromatic heterocycles. The van der Waals surface area contributed by atoms with Crippen LogP contribution in [0, 0.1) is 0 Å². The number of ether oxygens (including phenoxy) is 2. The average molecular weight is 319 g/mol. The summed E-state index contributed by atoms with van der Waals surface area (Å²) in [5.74, 6) is 3.06. The molecule has 3 nitrogen and oxygen atoms in total. The van der Waals surface area contributed by atoms with Gasteiger partial charge in [-0.15, -0.1) is 0 Å². The highest BCUT2D eigenvalue weighted by molar-refractivity contribution is 5.68. The van der Waals surface area contributed by atoms with Crippen LogP contribution in [0.3, 0.4) is 0 Å². The molecule has 0 aliphatic carbocycles. The van der Waals surface area contributed by atoms with Gasteiger partial charge in [0.25, 0.3) is 0 Å². The predicted molar refractivity (Wildman–Crippen MR) is 98.2 cm³/mol. The predicted octanol–water partition coefficient (Wildman–Crippen LogP) is 6.09. The van der Waals surface area contributed by atoms with Crippen molar-refractivity contribution in [2.45, 2.75) is 19.9 Å².